The van der Waals surface area contributed by atoms with Gasteiger partial charge in [-0.3, -0.25) is 4.79 Å². The van der Waals surface area contributed by atoms with Crippen molar-refractivity contribution in [1.29, 1.82) is 0 Å². The van der Waals surface area contributed by atoms with Gasteiger partial charge in [-0.1, -0.05) is 0 Å². The van der Waals surface area contributed by atoms with Gasteiger partial charge in [0.15, 0.2) is 0 Å². The summed E-state index contributed by atoms with van der Waals surface area (Å²) in [6.07, 6.45) is 5.29. The van der Waals surface area contributed by atoms with Crippen LogP contribution in [0, 0.1) is 0 Å². The van der Waals surface area contributed by atoms with Gasteiger partial charge in [0.05, 0.1) is 12.3 Å². The topological polar surface area (TPSA) is 91.7 Å². The number of rotatable bonds is 4. The first-order valence-corrected chi connectivity index (χ1v) is 9.12. The Morgan fingerprint density at radius 2 is 2.14 bits per heavy atom. The second kappa shape index (κ2) is 6.39. The third-order valence-electron chi connectivity index (χ3n) is 4.21. The lowest BCUT2D eigenvalue weighted by molar-refractivity contribution is -0.122. The highest BCUT2D eigenvalue weighted by Crippen LogP contribution is 2.34. The monoisotopic (exact) mass is 327 g/mol. The zero-order chi connectivity index (χ0) is 15.6. The van der Waals surface area contributed by atoms with Crippen molar-refractivity contribution in [1.82, 2.24) is 14.3 Å². The minimum absolute atomic E-state index is 0.241. The fourth-order valence-corrected chi connectivity index (χ4v) is 4.73. The molecule has 122 valence electrons. The lowest BCUT2D eigenvalue weighted by Gasteiger charge is -2.25. The van der Waals surface area contributed by atoms with Crippen molar-refractivity contribution in [2.75, 3.05) is 13.1 Å². The largest absolute Gasteiger partial charge is 0.468 e. The maximum absolute atomic E-state index is 12.7. The van der Waals surface area contributed by atoms with Crippen LogP contribution < -0.4 is 10.0 Å². The van der Waals surface area contributed by atoms with E-state index in [1.165, 1.54) is 4.31 Å². The number of hydrogen-bond acceptors (Lipinski definition) is 4. The smallest absolute Gasteiger partial charge is 0.280 e. The van der Waals surface area contributed by atoms with Crippen molar-refractivity contribution in [2.24, 2.45) is 0 Å². The molecule has 0 radical (unpaired) electrons. The molecule has 0 unspecified atom stereocenters. The Bertz CT molecular complexity index is 614. The van der Waals surface area contributed by atoms with Gasteiger partial charge in [0.1, 0.15) is 11.8 Å². The van der Waals surface area contributed by atoms with Crippen molar-refractivity contribution >= 4 is 16.1 Å². The summed E-state index contributed by atoms with van der Waals surface area (Å²) in [5.74, 6) is 0.406. The van der Waals surface area contributed by atoms with Gasteiger partial charge in [-0.25, -0.2) is 0 Å². The van der Waals surface area contributed by atoms with Gasteiger partial charge in [0, 0.05) is 13.1 Å². The number of carbonyl (C=O) groups is 1. The average molecular weight is 327 g/mol. The molecule has 0 bridgehead atoms. The Balaban J connectivity index is 1.75. The molecule has 1 amide bonds. The highest BCUT2D eigenvalue weighted by atomic mass is 32.2. The lowest BCUT2D eigenvalue weighted by atomic mass is 10.1. The van der Waals surface area contributed by atoms with Crippen LogP contribution in [0.5, 0.6) is 0 Å². The molecule has 2 aliphatic heterocycles. The SMILES string of the molecule is O=C1NCCCC[C@H]1NS(=O)(=O)N1CCC[C@H]1c1ccco1. The first-order valence-electron chi connectivity index (χ1n) is 7.68. The van der Waals surface area contributed by atoms with Gasteiger partial charge >= 0.3 is 0 Å². The van der Waals surface area contributed by atoms with Gasteiger partial charge in [-0.15, -0.1) is 0 Å². The number of furan rings is 1. The van der Waals surface area contributed by atoms with Gasteiger partial charge < -0.3 is 9.73 Å². The Morgan fingerprint density at radius 1 is 1.27 bits per heavy atom. The first-order chi connectivity index (χ1) is 10.6. The van der Waals surface area contributed by atoms with Crippen LogP contribution in [0.4, 0.5) is 0 Å². The molecular formula is C14H21N3O4S. The van der Waals surface area contributed by atoms with Crippen LogP contribution >= 0.6 is 0 Å². The molecule has 2 saturated heterocycles. The van der Waals surface area contributed by atoms with Gasteiger partial charge in [0.2, 0.25) is 5.91 Å². The minimum atomic E-state index is -3.72. The summed E-state index contributed by atoms with van der Waals surface area (Å²) in [4.78, 5) is 11.9. The summed E-state index contributed by atoms with van der Waals surface area (Å²) < 4.78 is 34.6. The van der Waals surface area contributed by atoms with E-state index >= 15 is 0 Å². The fraction of sp³-hybridized carbons (Fsp3) is 0.643. The van der Waals surface area contributed by atoms with E-state index in [4.69, 9.17) is 4.42 Å². The maximum Gasteiger partial charge on any atom is 0.280 e. The number of hydrogen-bond donors (Lipinski definition) is 2. The molecule has 2 fully saturated rings. The molecule has 7 nitrogen and oxygen atoms in total. The normalized spacial score (nSPS) is 27.5. The van der Waals surface area contributed by atoms with Crippen LogP contribution in [0.25, 0.3) is 0 Å². The van der Waals surface area contributed by atoms with Crippen molar-refractivity contribution in [3.63, 3.8) is 0 Å². The summed E-state index contributed by atoms with van der Waals surface area (Å²) in [7, 11) is -3.72. The highest BCUT2D eigenvalue weighted by molar-refractivity contribution is 7.87. The van der Waals surface area contributed by atoms with Crippen LogP contribution in [-0.2, 0) is 15.0 Å². The second-order valence-electron chi connectivity index (χ2n) is 5.75. The highest BCUT2D eigenvalue weighted by Gasteiger charge is 2.38. The van der Waals surface area contributed by atoms with Gasteiger partial charge in [0.25, 0.3) is 10.2 Å². The molecule has 0 saturated carbocycles. The Kier molecular flexibility index (Phi) is 4.51. The number of nitrogens with one attached hydrogen (secondary N) is 2. The fourth-order valence-electron chi connectivity index (χ4n) is 3.09. The summed E-state index contributed by atoms with van der Waals surface area (Å²) in [5, 5.41) is 2.74. The van der Waals surface area contributed by atoms with E-state index in [0.717, 1.165) is 25.7 Å². The molecule has 22 heavy (non-hydrogen) atoms. The molecule has 2 N–H and O–H groups in total. The molecular weight excluding hydrogens is 306 g/mol. The molecule has 0 aliphatic carbocycles. The van der Waals surface area contributed by atoms with Crippen LogP contribution in [0.2, 0.25) is 0 Å². The Hall–Kier alpha value is -1.38. The number of nitrogens with zero attached hydrogens (tertiary/aromatic N) is 1. The number of amides is 1. The lowest BCUT2D eigenvalue weighted by Crippen LogP contribution is -2.50. The van der Waals surface area contributed by atoms with Crippen LogP contribution in [-0.4, -0.2) is 37.8 Å². The Labute approximate surface area is 130 Å². The molecule has 2 atom stereocenters. The third kappa shape index (κ3) is 3.18. The van der Waals surface area contributed by atoms with Gasteiger partial charge in [-0.2, -0.15) is 17.4 Å². The van der Waals surface area contributed by atoms with Crippen LogP contribution in [0.15, 0.2) is 22.8 Å². The van der Waals surface area contributed by atoms with E-state index in [1.54, 1.807) is 18.4 Å². The van der Waals surface area contributed by atoms with E-state index in [2.05, 4.69) is 10.0 Å². The standard InChI is InChI=1S/C14H21N3O4S/c18-14-11(5-1-2-8-15-14)16-22(19,20)17-9-3-6-12(17)13-7-4-10-21-13/h4,7,10-12,16H,1-3,5-6,8-9H2,(H,15,18)/t11-,12+/m1/s1. The van der Waals surface area contributed by atoms with Crippen LogP contribution in [0.3, 0.4) is 0 Å². The summed E-state index contributed by atoms with van der Waals surface area (Å²) in [6, 6.07) is 2.56. The van der Waals surface area contributed by atoms with E-state index in [0.29, 0.717) is 25.3 Å². The van der Waals surface area contributed by atoms with E-state index in [-0.39, 0.29) is 11.9 Å². The second-order valence-corrected chi connectivity index (χ2v) is 7.40. The molecule has 2 aliphatic rings. The van der Waals surface area contributed by atoms with E-state index in [9.17, 15) is 13.2 Å². The van der Waals surface area contributed by atoms with Crippen molar-refractivity contribution in [3.8, 4) is 0 Å². The molecule has 1 aromatic heterocycles. The zero-order valence-electron chi connectivity index (χ0n) is 12.3. The predicted octanol–water partition coefficient (Wildman–Crippen LogP) is 0.920. The van der Waals surface area contributed by atoms with E-state index in [1.807, 2.05) is 0 Å². The predicted molar refractivity (Wildman–Crippen MR) is 80.1 cm³/mol. The summed E-state index contributed by atoms with van der Waals surface area (Å²) in [6.45, 7) is 1.05. The van der Waals surface area contributed by atoms with Gasteiger partial charge in [-0.05, 0) is 44.2 Å². The van der Waals surface area contributed by atoms with Crippen molar-refractivity contribution in [2.45, 2.75) is 44.2 Å². The minimum Gasteiger partial charge on any atom is -0.468 e. The van der Waals surface area contributed by atoms with Crippen molar-refractivity contribution < 1.29 is 17.6 Å². The molecule has 0 aromatic carbocycles. The summed E-state index contributed by atoms with van der Waals surface area (Å²) in [5.41, 5.74) is 0. The number of carbonyl (C=O) groups excluding carboxylic acids is 1. The van der Waals surface area contributed by atoms with E-state index < -0.39 is 16.3 Å². The first kappa shape index (κ1) is 15.5. The van der Waals surface area contributed by atoms with Crippen LogP contribution in [0.1, 0.15) is 43.9 Å². The Morgan fingerprint density at radius 3 is 2.91 bits per heavy atom. The molecule has 0 spiro atoms. The summed E-state index contributed by atoms with van der Waals surface area (Å²) >= 11 is 0. The molecule has 8 heteroatoms. The zero-order valence-corrected chi connectivity index (χ0v) is 13.1. The molecule has 3 rings (SSSR count). The third-order valence-corrected chi connectivity index (χ3v) is 5.85. The molecule has 3 heterocycles. The molecule has 1 aromatic rings. The van der Waals surface area contributed by atoms with Crippen molar-refractivity contribution in [3.05, 3.63) is 24.2 Å². The maximum atomic E-state index is 12.7. The average Bonchev–Trinajstić information content (AvgIpc) is 3.12. The quantitative estimate of drug-likeness (QED) is 0.860.